The lowest BCUT2D eigenvalue weighted by Gasteiger charge is -2.41. The molecule has 1 aliphatic carbocycles. The maximum Gasteiger partial charge on any atom is 0.300 e. The molecule has 1 atom stereocenters. The summed E-state index contributed by atoms with van der Waals surface area (Å²) >= 11 is 6.45. The Labute approximate surface area is 204 Å². The summed E-state index contributed by atoms with van der Waals surface area (Å²) in [6, 6.07) is 8.86. The molecule has 1 saturated heterocycles. The van der Waals surface area contributed by atoms with E-state index in [1.54, 1.807) is 12.1 Å². The summed E-state index contributed by atoms with van der Waals surface area (Å²) < 4.78 is 19.7. The number of hydrogen-bond acceptors (Lipinski definition) is 5. The standard InChI is InChI=1S/C26H30ClFN4O2/c1-16-14-31(10-11-32(16)25(33)18-6-3-4-7-18)15-19-12-20(27)13-22(17(19)2)29-26-30-24-21(28)8-5-9-23(24)34-26/h5,8-9,12-13,16,18H,3-4,6-7,10-11,14-15H2,1-2H3,(H,29,30)/t16-/m0/s1. The van der Waals surface area contributed by atoms with Crippen LogP contribution < -0.4 is 5.32 Å². The first kappa shape index (κ1) is 23.1. The lowest BCUT2D eigenvalue weighted by Crippen LogP contribution is -2.54. The van der Waals surface area contributed by atoms with Gasteiger partial charge < -0.3 is 14.6 Å². The lowest BCUT2D eigenvalue weighted by atomic mass is 10.0. The van der Waals surface area contributed by atoms with Gasteiger partial charge >= 0.3 is 0 Å². The summed E-state index contributed by atoms with van der Waals surface area (Å²) in [5.74, 6) is 0.139. The van der Waals surface area contributed by atoms with Crippen LogP contribution in [0.1, 0.15) is 43.7 Å². The van der Waals surface area contributed by atoms with Gasteiger partial charge in [0.1, 0.15) is 5.52 Å². The lowest BCUT2D eigenvalue weighted by molar-refractivity contribution is -0.140. The normalized spacial score (nSPS) is 19.8. The smallest absolute Gasteiger partial charge is 0.300 e. The highest BCUT2D eigenvalue weighted by molar-refractivity contribution is 6.31. The van der Waals surface area contributed by atoms with Crippen LogP contribution in [-0.4, -0.2) is 46.4 Å². The van der Waals surface area contributed by atoms with Gasteiger partial charge in [0.25, 0.3) is 6.01 Å². The highest BCUT2D eigenvalue weighted by Gasteiger charge is 2.33. The van der Waals surface area contributed by atoms with Crippen LogP contribution in [0.4, 0.5) is 16.1 Å². The fourth-order valence-electron chi connectivity index (χ4n) is 5.27. The highest BCUT2D eigenvalue weighted by atomic mass is 35.5. The van der Waals surface area contributed by atoms with Crippen LogP contribution >= 0.6 is 11.6 Å². The number of aromatic nitrogens is 1. The molecule has 34 heavy (non-hydrogen) atoms. The number of nitrogens with zero attached hydrogens (tertiary/aromatic N) is 3. The molecule has 0 bridgehead atoms. The molecule has 8 heteroatoms. The van der Waals surface area contributed by atoms with Crippen LogP contribution in [0.25, 0.3) is 11.1 Å². The topological polar surface area (TPSA) is 61.6 Å². The van der Waals surface area contributed by atoms with E-state index in [0.29, 0.717) is 16.5 Å². The number of piperazine rings is 1. The first-order valence-corrected chi connectivity index (χ1v) is 12.4. The predicted molar refractivity (Wildman–Crippen MR) is 132 cm³/mol. The van der Waals surface area contributed by atoms with Crippen LogP contribution in [0.2, 0.25) is 5.02 Å². The molecule has 3 aromatic rings. The molecule has 6 nitrogen and oxygen atoms in total. The Kier molecular flexibility index (Phi) is 6.49. The van der Waals surface area contributed by atoms with Gasteiger partial charge in [-0.1, -0.05) is 30.5 Å². The Morgan fingerprint density at radius 2 is 2.06 bits per heavy atom. The molecule has 2 aromatic carbocycles. The minimum absolute atomic E-state index is 0.189. The van der Waals surface area contributed by atoms with E-state index in [0.717, 1.165) is 55.8 Å². The predicted octanol–water partition coefficient (Wildman–Crippen LogP) is 5.90. The zero-order valence-electron chi connectivity index (χ0n) is 19.6. The first-order chi connectivity index (χ1) is 16.4. The average molecular weight is 485 g/mol. The SMILES string of the molecule is Cc1c(CN2CCN(C(=O)C3CCCC3)[C@@H](C)C2)cc(Cl)cc1Nc1nc2c(F)cccc2o1. The van der Waals surface area contributed by atoms with E-state index in [2.05, 4.69) is 27.0 Å². The second-order valence-electron chi connectivity index (χ2n) is 9.57. The number of rotatable bonds is 5. The van der Waals surface area contributed by atoms with Gasteiger partial charge in [-0.3, -0.25) is 9.69 Å². The molecule has 0 radical (unpaired) electrons. The Morgan fingerprint density at radius 1 is 1.26 bits per heavy atom. The molecule has 2 heterocycles. The number of carbonyl (C=O) groups is 1. The number of hydrogen-bond donors (Lipinski definition) is 1. The van der Waals surface area contributed by atoms with E-state index in [4.69, 9.17) is 16.0 Å². The van der Waals surface area contributed by atoms with E-state index in [-0.39, 0.29) is 23.5 Å². The Balaban J connectivity index is 1.29. The maximum atomic E-state index is 14.0. The zero-order chi connectivity index (χ0) is 23.8. The summed E-state index contributed by atoms with van der Waals surface area (Å²) in [6.07, 6.45) is 4.42. The van der Waals surface area contributed by atoms with Gasteiger partial charge in [-0.2, -0.15) is 4.98 Å². The van der Waals surface area contributed by atoms with Crippen molar-refractivity contribution in [1.29, 1.82) is 0 Å². The van der Waals surface area contributed by atoms with Gasteiger partial charge in [0.15, 0.2) is 11.4 Å². The van der Waals surface area contributed by atoms with E-state index in [1.807, 2.05) is 19.1 Å². The molecule has 1 aromatic heterocycles. The van der Waals surface area contributed by atoms with Crippen molar-refractivity contribution < 1.29 is 13.6 Å². The summed E-state index contributed by atoms with van der Waals surface area (Å²) in [5.41, 5.74) is 3.49. The molecule has 1 N–H and O–H groups in total. The van der Waals surface area contributed by atoms with Crippen molar-refractivity contribution in [3.8, 4) is 0 Å². The van der Waals surface area contributed by atoms with Gasteiger partial charge in [0, 0.05) is 48.8 Å². The van der Waals surface area contributed by atoms with Gasteiger partial charge in [-0.15, -0.1) is 0 Å². The fourth-order valence-corrected chi connectivity index (χ4v) is 5.51. The van der Waals surface area contributed by atoms with Crippen LogP contribution in [-0.2, 0) is 11.3 Å². The number of amides is 1. The monoisotopic (exact) mass is 484 g/mol. The van der Waals surface area contributed by atoms with E-state index in [9.17, 15) is 9.18 Å². The molecule has 0 unspecified atom stereocenters. The van der Waals surface area contributed by atoms with Crippen LogP contribution in [0, 0.1) is 18.7 Å². The number of oxazole rings is 1. The number of benzene rings is 2. The first-order valence-electron chi connectivity index (χ1n) is 12.0. The van der Waals surface area contributed by atoms with Crippen molar-refractivity contribution in [3.63, 3.8) is 0 Å². The molecular weight excluding hydrogens is 455 g/mol. The number of fused-ring (bicyclic) bond motifs is 1. The van der Waals surface area contributed by atoms with Crippen molar-refractivity contribution in [2.75, 3.05) is 25.0 Å². The third-order valence-corrected chi connectivity index (χ3v) is 7.40. The van der Waals surface area contributed by atoms with Gasteiger partial charge in [-0.05, 0) is 62.1 Å². The van der Waals surface area contributed by atoms with Crippen LogP contribution in [0.5, 0.6) is 0 Å². The van der Waals surface area contributed by atoms with Gasteiger partial charge in [0.2, 0.25) is 5.91 Å². The second kappa shape index (κ2) is 9.55. The Bertz CT molecular complexity index is 1210. The Morgan fingerprint density at radius 3 is 2.79 bits per heavy atom. The van der Waals surface area contributed by atoms with Crippen molar-refractivity contribution in [1.82, 2.24) is 14.8 Å². The third kappa shape index (κ3) is 4.64. The zero-order valence-corrected chi connectivity index (χ0v) is 20.4. The van der Waals surface area contributed by atoms with E-state index < -0.39 is 5.82 Å². The molecule has 1 amide bonds. The number of para-hydroxylation sites is 1. The maximum absolute atomic E-state index is 14.0. The van der Waals surface area contributed by atoms with Gasteiger partial charge in [0.05, 0.1) is 0 Å². The van der Waals surface area contributed by atoms with Crippen molar-refractivity contribution in [2.24, 2.45) is 5.92 Å². The second-order valence-corrected chi connectivity index (χ2v) is 10.0. The van der Waals surface area contributed by atoms with Crippen LogP contribution in [0.15, 0.2) is 34.7 Å². The molecule has 1 saturated carbocycles. The molecule has 2 aliphatic rings. The molecule has 0 spiro atoms. The van der Waals surface area contributed by atoms with Gasteiger partial charge in [-0.25, -0.2) is 4.39 Å². The molecular formula is C26H30ClFN4O2. The summed E-state index contributed by atoms with van der Waals surface area (Å²) in [5, 5.41) is 3.77. The third-order valence-electron chi connectivity index (χ3n) is 7.18. The summed E-state index contributed by atoms with van der Waals surface area (Å²) in [6.45, 7) is 7.33. The number of carbonyl (C=O) groups excluding carboxylic acids is 1. The number of nitrogens with one attached hydrogen (secondary N) is 1. The van der Waals surface area contributed by atoms with E-state index in [1.165, 1.54) is 18.9 Å². The number of anilines is 2. The highest BCUT2D eigenvalue weighted by Crippen LogP contribution is 2.31. The van der Waals surface area contributed by atoms with Crippen molar-refractivity contribution in [3.05, 3.63) is 52.3 Å². The van der Waals surface area contributed by atoms with Crippen LogP contribution in [0.3, 0.4) is 0 Å². The largest absolute Gasteiger partial charge is 0.423 e. The quantitative estimate of drug-likeness (QED) is 0.489. The molecule has 180 valence electrons. The van der Waals surface area contributed by atoms with Crippen molar-refractivity contribution >= 4 is 40.3 Å². The minimum atomic E-state index is -0.419. The Hall–Kier alpha value is -2.64. The number of halogens is 2. The molecule has 1 aliphatic heterocycles. The minimum Gasteiger partial charge on any atom is -0.423 e. The molecule has 2 fully saturated rings. The van der Waals surface area contributed by atoms with E-state index >= 15 is 0 Å². The molecule has 5 rings (SSSR count). The summed E-state index contributed by atoms with van der Waals surface area (Å²) in [4.78, 5) is 21.6. The fraction of sp³-hybridized carbons (Fsp3) is 0.462. The average Bonchev–Trinajstić information content (AvgIpc) is 3.47. The van der Waals surface area contributed by atoms with Crippen molar-refractivity contribution in [2.45, 2.75) is 52.1 Å². The summed E-state index contributed by atoms with van der Waals surface area (Å²) in [7, 11) is 0.